The van der Waals surface area contributed by atoms with Crippen molar-refractivity contribution in [3.8, 4) is 0 Å². The highest BCUT2D eigenvalue weighted by Crippen LogP contribution is 2.17. The topological polar surface area (TPSA) is 65.0 Å². The molecule has 0 saturated heterocycles. The average Bonchev–Trinajstić information content (AvgIpc) is 2.69. The summed E-state index contributed by atoms with van der Waals surface area (Å²) in [6.07, 6.45) is 0. The summed E-state index contributed by atoms with van der Waals surface area (Å²) in [7, 11) is 1.69. The molecule has 0 unspecified atom stereocenters. The first-order valence-corrected chi connectivity index (χ1v) is 10.8. The van der Waals surface area contributed by atoms with Crippen LogP contribution < -0.4 is 5.32 Å². The van der Waals surface area contributed by atoms with Gasteiger partial charge in [-0.25, -0.2) is 12.8 Å². The van der Waals surface area contributed by atoms with Gasteiger partial charge in [0.25, 0.3) is 0 Å². The first kappa shape index (κ1) is 22.8. The van der Waals surface area contributed by atoms with Gasteiger partial charge in [0.15, 0.2) is 5.96 Å². The Balaban J connectivity index is 2.00. The van der Waals surface area contributed by atoms with E-state index in [0.29, 0.717) is 19.0 Å². The third-order valence-corrected chi connectivity index (χ3v) is 6.73. The van der Waals surface area contributed by atoms with Crippen LogP contribution in [0.2, 0.25) is 0 Å². The summed E-state index contributed by atoms with van der Waals surface area (Å²) in [6.45, 7) is 4.76. The van der Waals surface area contributed by atoms with Crippen LogP contribution in [-0.4, -0.2) is 50.8 Å². The molecule has 29 heavy (non-hydrogen) atoms. The first-order valence-electron chi connectivity index (χ1n) is 9.38. The fourth-order valence-corrected chi connectivity index (χ4v) is 4.10. The monoisotopic (exact) mass is 420 g/mol. The second kappa shape index (κ2) is 9.84. The summed E-state index contributed by atoms with van der Waals surface area (Å²) in [5, 5.41) is 3.26. The molecule has 2 rings (SSSR count). The smallest absolute Gasteiger partial charge is 0.243 e. The second-order valence-corrected chi connectivity index (χ2v) is 9.14. The summed E-state index contributed by atoms with van der Waals surface area (Å²) in [5.41, 5.74) is 1.91. The Labute approximate surface area is 173 Å². The number of aliphatic imine (C=N–C) groups is 1. The van der Waals surface area contributed by atoms with E-state index in [9.17, 15) is 12.8 Å². The predicted molar refractivity (Wildman–Crippen MR) is 115 cm³/mol. The number of hydrogen-bond acceptors (Lipinski definition) is 3. The molecule has 0 saturated carbocycles. The Kier molecular flexibility index (Phi) is 7.75. The summed E-state index contributed by atoms with van der Waals surface area (Å²) in [5.74, 6) is 0.425. The summed E-state index contributed by atoms with van der Waals surface area (Å²) < 4.78 is 39.5. The molecule has 0 bridgehead atoms. The van der Waals surface area contributed by atoms with Crippen LogP contribution in [0.1, 0.15) is 25.0 Å². The number of sulfonamides is 1. The van der Waals surface area contributed by atoms with E-state index in [1.54, 1.807) is 50.5 Å². The maximum Gasteiger partial charge on any atom is 0.243 e. The maximum atomic E-state index is 13.1. The number of hydrogen-bond donors (Lipinski definition) is 1. The third-order valence-electron chi connectivity index (χ3n) is 4.68. The van der Waals surface area contributed by atoms with Gasteiger partial charge < -0.3 is 10.2 Å². The lowest BCUT2D eigenvalue weighted by molar-refractivity contribution is 0.410. The van der Waals surface area contributed by atoms with E-state index in [0.717, 1.165) is 11.1 Å². The highest BCUT2D eigenvalue weighted by molar-refractivity contribution is 7.89. The molecule has 0 spiro atoms. The number of halogens is 1. The molecular weight excluding hydrogens is 391 g/mol. The summed E-state index contributed by atoms with van der Waals surface area (Å²) >= 11 is 0. The summed E-state index contributed by atoms with van der Waals surface area (Å²) in [4.78, 5) is 6.48. The van der Waals surface area contributed by atoms with Crippen LogP contribution in [0.4, 0.5) is 4.39 Å². The van der Waals surface area contributed by atoms with E-state index >= 15 is 0 Å². The number of rotatable bonds is 7. The average molecular weight is 421 g/mol. The Bertz CT molecular complexity index is 926. The van der Waals surface area contributed by atoms with Gasteiger partial charge in [-0.3, -0.25) is 4.99 Å². The molecule has 8 heteroatoms. The van der Waals surface area contributed by atoms with Gasteiger partial charge in [-0.15, -0.1) is 0 Å². The van der Waals surface area contributed by atoms with Crippen LogP contribution in [0, 0.1) is 5.82 Å². The number of guanidine groups is 1. The van der Waals surface area contributed by atoms with Crippen molar-refractivity contribution in [3.05, 3.63) is 65.5 Å². The molecule has 0 atom stereocenters. The van der Waals surface area contributed by atoms with E-state index in [4.69, 9.17) is 0 Å². The van der Waals surface area contributed by atoms with Crippen molar-refractivity contribution >= 4 is 16.0 Å². The lowest BCUT2D eigenvalue weighted by Crippen LogP contribution is -2.38. The van der Waals surface area contributed by atoms with Gasteiger partial charge in [0.2, 0.25) is 10.0 Å². The SMILES string of the molecule is CN=C(NCc1ccc(S(=O)(=O)N(C)C(C)C)cc1)N(C)Cc1ccc(F)cc1. The minimum absolute atomic E-state index is 0.110. The number of benzene rings is 2. The van der Waals surface area contributed by atoms with Crippen molar-refractivity contribution < 1.29 is 12.8 Å². The van der Waals surface area contributed by atoms with Crippen LogP contribution in [-0.2, 0) is 23.1 Å². The predicted octanol–water partition coefficient (Wildman–Crippen LogP) is 3.06. The molecule has 2 aromatic rings. The van der Waals surface area contributed by atoms with Gasteiger partial charge in [0.05, 0.1) is 4.90 Å². The van der Waals surface area contributed by atoms with Crippen molar-refractivity contribution in [1.29, 1.82) is 0 Å². The standard InChI is InChI=1S/C21H29FN4O2S/c1-16(2)26(5)29(27,28)20-12-8-17(9-13-20)14-24-21(23-3)25(4)15-18-6-10-19(22)11-7-18/h6-13,16H,14-15H2,1-5H3,(H,23,24). The number of nitrogens with one attached hydrogen (secondary N) is 1. The quantitative estimate of drug-likeness (QED) is 0.552. The molecule has 0 aliphatic heterocycles. The molecule has 0 fully saturated rings. The minimum Gasteiger partial charge on any atom is -0.352 e. The van der Waals surface area contributed by atoms with Crippen molar-refractivity contribution in [1.82, 2.24) is 14.5 Å². The van der Waals surface area contributed by atoms with Gasteiger partial charge in [-0.2, -0.15) is 4.31 Å². The van der Waals surface area contributed by atoms with Gasteiger partial charge in [0.1, 0.15) is 5.82 Å². The normalized spacial score (nSPS) is 12.5. The molecule has 158 valence electrons. The zero-order valence-corrected chi connectivity index (χ0v) is 18.4. The molecule has 0 aliphatic carbocycles. The first-order chi connectivity index (χ1) is 13.6. The van der Waals surface area contributed by atoms with Gasteiger partial charge in [-0.05, 0) is 49.2 Å². The van der Waals surface area contributed by atoms with Crippen molar-refractivity contribution in [2.24, 2.45) is 4.99 Å². The van der Waals surface area contributed by atoms with Crippen LogP contribution >= 0.6 is 0 Å². The summed E-state index contributed by atoms with van der Waals surface area (Å²) in [6, 6.07) is 13.1. The number of nitrogens with zero attached hydrogens (tertiary/aromatic N) is 3. The van der Waals surface area contributed by atoms with E-state index in [1.165, 1.54) is 16.4 Å². The van der Waals surface area contributed by atoms with Crippen molar-refractivity contribution in [2.75, 3.05) is 21.1 Å². The second-order valence-electron chi connectivity index (χ2n) is 7.14. The van der Waals surface area contributed by atoms with Crippen LogP contribution in [0.3, 0.4) is 0 Å². The lowest BCUT2D eigenvalue weighted by atomic mass is 10.2. The van der Waals surface area contributed by atoms with Crippen LogP contribution in [0.15, 0.2) is 58.4 Å². The Morgan fingerprint density at radius 2 is 1.59 bits per heavy atom. The molecule has 6 nitrogen and oxygen atoms in total. The molecule has 0 aliphatic rings. The van der Waals surface area contributed by atoms with E-state index in [2.05, 4.69) is 10.3 Å². The fourth-order valence-electron chi connectivity index (χ4n) is 2.73. The molecular formula is C21H29FN4O2S. The molecule has 2 aromatic carbocycles. The van der Waals surface area contributed by atoms with E-state index in [-0.39, 0.29) is 16.8 Å². The Hall–Kier alpha value is -2.45. The molecule has 0 amide bonds. The Morgan fingerprint density at radius 1 is 1.03 bits per heavy atom. The van der Waals surface area contributed by atoms with Crippen LogP contribution in [0.5, 0.6) is 0 Å². The maximum absolute atomic E-state index is 13.1. The fraction of sp³-hybridized carbons (Fsp3) is 0.381. The van der Waals surface area contributed by atoms with Crippen molar-refractivity contribution in [3.63, 3.8) is 0 Å². The lowest BCUT2D eigenvalue weighted by Gasteiger charge is -2.22. The van der Waals surface area contributed by atoms with E-state index in [1.807, 2.05) is 25.8 Å². The molecule has 0 radical (unpaired) electrons. The van der Waals surface area contributed by atoms with E-state index < -0.39 is 10.0 Å². The zero-order valence-electron chi connectivity index (χ0n) is 17.6. The van der Waals surface area contributed by atoms with Gasteiger partial charge in [-0.1, -0.05) is 24.3 Å². The highest BCUT2D eigenvalue weighted by atomic mass is 32.2. The molecule has 1 N–H and O–H groups in total. The molecule has 0 aromatic heterocycles. The van der Waals surface area contributed by atoms with Crippen LogP contribution in [0.25, 0.3) is 0 Å². The zero-order chi connectivity index (χ0) is 21.6. The van der Waals surface area contributed by atoms with Gasteiger partial charge in [0, 0.05) is 40.3 Å². The molecule has 0 heterocycles. The third kappa shape index (κ3) is 6.01. The largest absolute Gasteiger partial charge is 0.352 e. The van der Waals surface area contributed by atoms with Crippen molar-refractivity contribution in [2.45, 2.75) is 37.9 Å². The van der Waals surface area contributed by atoms with Gasteiger partial charge >= 0.3 is 0 Å². The highest BCUT2D eigenvalue weighted by Gasteiger charge is 2.22. The minimum atomic E-state index is -3.49. The Morgan fingerprint density at radius 3 is 2.10 bits per heavy atom.